The van der Waals surface area contributed by atoms with E-state index in [-0.39, 0.29) is 5.91 Å². The zero-order chi connectivity index (χ0) is 12.8. The molecule has 0 saturated heterocycles. The number of carbonyl (C=O) groups is 1. The molecule has 2 N–H and O–H groups in total. The predicted octanol–water partition coefficient (Wildman–Crippen LogP) is 2.19. The van der Waals surface area contributed by atoms with Gasteiger partial charge in [0.25, 0.3) is 5.91 Å². The molecule has 0 bridgehead atoms. The van der Waals surface area contributed by atoms with Crippen LogP contribution in [0.2, 0.25) is 0 Å². The van der Waals surface area contributed by atoms with E-state index in [2.05, 4.69) is 16.6 Å². The number of benzene rings is 1. The van der Waals surface area contributed by atoms with E-state index in [9.17, 15) is 4.79 Å². The molecular weight excluding hydrogens is 224 g/mol. The molecule has 18 heavy (non-hydrogen) atoms. The van der Waals surface area contributed by atoms with Crippen LogP contribution in [0.15, 0.2) is 18.2 Å². The number of carbonyl (C=O) groups excluding carboxylic acids is 1. The number of unbranched alkanes of at least 4 members (excludes halogenated alkanes) is 1. The van der Waals surface area contributed by atoms with Crippen LogP contribution in [-0.4, -0.2) is 19.0 Å². The smallest absolute Gasteiger partial charge is 0.251 e. The summed E-state index contributed by atoms with van der Waals surface area (Å²) in [5.41, 5.74) is 3.13. The van der Waals surface area contributed by atoms with Crippen molar-refractivity contribution in [3.8, 4) is 12.3 Å². The van der Waals surface area contributed by atoms with Crippen LogP contribution >= 0.6 is 0 Å². The van der Waals surface area contributed by atoms with Crippen LogP contribution < -0.4 is 10.6 Å². The Labute approximate surface area is 108 Å². The van der Waals surface area contributed by atoms with E-state index in [1.807, 2.05) is 18.2 Å². The highest BCUT2D eigenvalue weighted by Crippen LogP contribution is 2.22. The molecule has 0 aromatic heterocycles. The minimum Gasteiger partial charge on any atom is -0.385 e. The van der Waals surface area contributed by atoms with Gasteiger partial charge in [0.05, 0.1) is 0 Å². The summed E-state index contributed by atoms with van der Waals surface area (Å²) in [5, 5.41) is 6.22. The van der Waals surface area contributed by atoms with Gasteiger partial charge in [0.1, 0.15) is 0 Å². The zero-order valence-corrected chi connectivity index (χ0v) is 10.5. The Morgan fingerprint density at radius 2 is 2.39 bits per heavy atom. The van der Waals surface area contributed by atoms with E-state index in [0.717, 1.165) is 37.1 Å². The van der Waals surface area contributed by atoms with E-state index in [1.54, 1.807) is 0 Å². The third kappa shape index (κ3) is 3.04. The van der Waals surface area contributed by atoms with Crippen LogP contribution in [0.3, 0.4) is 0 Å². The highest BCUT2D eigenvalue weighted by atomic mass is 16.1. The fourth-order valence-electron chi connectivity index (χ4n) is 2.11. The van der Waals surface area contributed by atoms with Gasteiger partial charge >= 0.3 is 0 Å². The van der Waals surface area contributed by atoms with Crippen molar-refractivity contribution in [1.82, 2.24) is 5.32 Å². The van der Waals surface area contributed by atoms with E-state index < -0.39 is 0 Å². The Morgan fingerprint density at radius 3 is 3.22 bits per heavy atom. The topological polar surface area (TPSA) is 41.1 Å². The van der Waals surface area contributed by atoms with Gasteiger partial charge < -0.3 is 10.6 Å². The lowest BCUT2D eigenvalue weighted by Gasteiger charge is -2.18. The van der Waals surface area contributed by atoms with E-state index in [1.165, 1.54) is 5.56 Å². The lowest BCUT2D eigenvalue weighted by Crippen LogP contribution is -2.24. The van der Waals surface area contributed by atoms with Crippen LogP contribution in [0.1, 0.15) is 35.2 Å². The first kappa shape index (κ1) is 12.5. The molecular formula is C15H18N2O. The van der Waals surface area contributed by atoms with Crippen molar-refractivity contribution in [2.45, 2.75) is 25.7 Å². The maximum atomic E-state index is 11.9. The van der Waals surface area contributed by atoms with Gasteiger partial charge in [-0.25, -0.2) is 0 Å². The Morgan fingerprint density at radius 1 is 1.50 bits per heavy atom. The second kappa shape index (κ2) is 6.11. The van der Waals surface area contributed by atoms with Crippen LogP contribution in [0.25, 0.3) is 0 Å². The average Bonchev–Trinajstić information content (AvgIpc) is 2.43. The van der Waals surface area contributed by atoms with Crippen LogP contribution in [0, 0.1) is 12.3 Å². The minimum atomic E-state index is -0.0135. The summed E-state index contributed by atoms with van der Waals surface area (Å²) in [7, 11) is 0. The molecule has 3 heteroatoms. The third-order valence-corrected chi connectivity index (χ3v) is 3.09. The molecule has 1 aliphatic heterocycles. The summed E-state index contributed by atoms with van der Waals surface area (Å²) < 4.78 is 0. The Kier molecular flexibility index (Phi) is 4.25. The van der Waals surface area contributed by atoms with Crippen molar-refractivity contribution >= 4 is 11.6 Å². The highest BCUT2D eigenvalue weighted by Gasteiger charge is 2.11. The molecule has 3 nitrogen and oxygen atoms in total. The van der Waals surface area contributed by atoms with Crippen molar-refractivity contribution in [2.75, 3.05) is 18.4 Å². The fraction of sp³-hybridized carbons (Fsp3) is 0.400. The number of rotatable bonds is 4. The molecule has 1 aromatic carbocycles. The number of fused-ring (bicyclic) bond motifs is 1. The monoisotopic (exact) mass is 242 g/mol. The molecule has 0 atom stereocenters. The Balaban J connectivity index is 1.96. The molecule has 1 heterocycles. The normalized spacial score (nSPS) is 13.1. The van der Waals surface area contributed by atoms with Crippen molar-refractivity contribution in [3.63, 3.8) is 0 Å². The molecule has 1 aromatic rings. The van der Waals surface area contributed by atoms with Gasteiger partial charge in [0.2, 0.25) is 0 Å². The summed E-state index contributed by atoms with van der Waals surface area (Å²) in [4.78, 5) is 11.9. The number of nitrogens with one attached hydrogen (secondary N) is 2. The van der Waals surface area contributed by atoms with Crippen molar-refractivity contribution in [2.24, 2.45) is 0 Å². The summed E-state index contributed by atoms with van der Waals surface area (Å²) in [6.07, 6.45) is 8.86. The number of hydrogen-bond donors (Lipinski definition) is 2. The van der Waals surface area contributed by atoms with Gasteiger partial charge in [-0.3, -0.25) is 4.79 Å². The minimum absolute atomic E-state index is 0.0135. The molecule has 94 valence electrons. The lowest BCUT2D eigenvalue weighted by atomic mass is 10.0. The van der Waals surface area contributed by atoms with Gasteiger partial charge in [0, 0.05) is 30.8 Å². The highest BCUT2D eigenvalue weighted by molar-refractivity contribution is 5.94. The number of terminal acetylenes is 1. The van der Waals surface area contributed by atoms with Gasteiger partial charge in [-0.1, -0.05) is 0 Å². The lowest BCUT2D eigenvalue weighted by molar-refractivity contribution is 0.0953. The van der Waals surface area contributed by atoms with Crippen LogP contribution in [0.4, 0.5) is 5.69 Å². The van der Waals surface area contributed by atoms with Crippen molar-refractivity contribution in [1.29, 1.82) is 0 Å². The second-order valence-corrected chi connectivity index (χ2v) is 4.47. The summed E-state index contributed by atoms with van der Waals surface area (Å²) >= 11 is 0. The van der Waals surface area contributed by atoms with E-state index in [4.69, 9.17) is 6.42 Å². The zero-order valence-electron chi connectivity index (χ0n) is 10.5. The molecule has 0 unspecified atom stereocenters. The van der Waals surface area contributed by atoms with E-state index >= 15 is 0 Å². The first-order chi connectivity index (χ1) is 8.81. The molecule has 0 radical (unpaired) electrons. The maximum absolute atomic E-state index is 11.9. The van der Waals surface area contributed by atoms with Crippen LogP contribution in [0.5, 0.6) is 0 Å². The molecule has 1 aliphatic rings. The van der Waals surface area contributed by atoms with Crippen LogP contribution in [-0.2, 0) is 6.42 Å². The average molecular weight is 242 g/mol. The number of amides is 1. The number of anilines is 1. The first-order valence-corrected chi connectivity index (χ1v) is 6.40. The van der Waals surface area contributed by atoms with Crippen molar-refractivity contribution < 1.29 is 4.79 Å². The Bertz CT molecular complexity index is 474. The summed E-state index contributed by atoms with van der Waals surface area (Å²) in [5.74, 6) is 2.55. The Hall–Kier alpha value is -1.95. The number of hydrogen-bond acceptors (Lipinski definition) is 2. The largest absolute Gasteiger partial charge is 0.385 e. The van der Waals surface area contributed by atoms with Crippen molar-refractivity contribution in [3.05, 3.63) is 29.3 Å². The first-order valence-electron chi connectivity index (χ1n) is 6.40. The third-order valence-electron chi connectivity index (χ3n) is 3.09. The molecule has 2 rings (SSSR count). The SMILES string of the molecule is C#CCCCNC(=O)c1ccc2c(c1)CCCN2. The van der Waals surface area contributed by atoms with Gasteiger partial charge in [0.15, 0.2) is 0 Å². The fourth-order valence-corrected chi connectivity index (χ4v) is 2.11. The predicted molar refractivity (Wildman–Crippen MR) is 73.7 cm³/mol. The number of aryl methyl sites for hydroxylation is 1. The molecule has 0 fully saturated rings. The second-order valence-electron chi connectivity index (χ2n) is 4.47. The molecule has 1 amide bonds. The quantitative estimate of drug-likeness (QED) is 0.627. The molecule has 0 saturated carbocycles. The summed E-state index contributed by atoms with van der Waals surface area (Å²) in [6, 6.07) is 5.84. The van der Waals surface area contributed by atoms with Gasteiger partial charge in [-0.2, -0.15) is 0 Å². The van der Waals surface area contributed by atoms with E-state index in [0.29, 0.717) is 13.0 Å². The molecule has 0 aliphatic carbocycles. The molecule has 0 spiro atoms. The van der Waals surface area contributed by atoms with Gasteiger partial charge in [-0.05, 0) is 43.0 Å². The summed E-state index contributed by atoms with van der Waals surface area (Å²) in [6.45, 7) is 1.66. The standard InChI is InChI=1S/C15H18N2O/c1-2-3-4-9-17-15(18)13-7-8-14-12(11-13)6-5-10-16-14/h1,7-8,11,16H,3-6,9-10H2,(H,17,18). The van der Waals surface area contributed by atoms with Gasteiger partial charge in [-0.15, -0.1) is 12.3 Å². The maximum Gasteiger partial charge on any atom is 0.251 e.